The normalized spacial score (nSPS) is 12.7. The van der Waals surface area contributed by atoms with E-state index in [0.717, 1.165) is 4.47 Å². The molecular formula is C15H18BrNS. The average Bonchev–Trinajstić information content (AvgIpc) is 2.64. The molecule has 0 aliphatic heterocycles. The summed E-state index contributed by atoms with van der Waals surface area (Å²) in [5, 5.41) is 3.44. The Labute approximate surface area is 121 Å². The molecular weight excluding hydrogens is 306 g/mol. The van der Waals surface area contributed by atoms with Gasteiger partial charge in [0.1, 0.15) is 0 Å². The molecule has 96 valence electrons. The summed E-state index contributed by atoms with van der Waals surface area (Å²) in [6.45, 7) is 6.53. The maximum absolute atomic E-state index is 3.56. The molecule has 1 aromatic carbocycles. The fourth-order valence-electron chi connectivity index (χ4n) is 2.34. The van der Waals surface area contributed by atoms with Gasteiger partial charge in [-0.05, 0) is 62.7 Å². The molecule has 1 atom stereocenters. The van der Waals surface area contributed by atoms with Crippen molar-refractivity contribution >= 4 is 27.3 Å². The van der Waals surface area contributed by atoms with Crippen LogP contribution in [0, 0.1) is 20.8 Å². The van der Waals surface area contributed by atoms with Crippen molar-refractivity contribution < 1.29 is 0 Å². The molecule has 18 heavy (non-hydrogen) atoms. The smallest absolute Gasteiger partial charge is 0.0588 e. The van der Waals surface area contributed by atoms with Crippen LogP contribution in [-0.4, -0.2) is 7.05 Å². The molecule has 2 aromatic rings. The lowest BCUT2D eigenvalue weighted by molar-refractivity contribution is 0.686. The Morgan fingerprint density at radius 2 is 1.83 bits per heavy atom. The molecule has 0 aliphatic rings. The zero-order valence-electron chi connectivity index (χ0n) is 11.2. The lowest BCUT2D eigenvalue weighted by atomic mass is 9.95. The first-order chi connectivity index (χ1) is 8.52. The van der Waals surface area contributed by atoms with Crippen molar-refractivity contribution in [2.75, 3.05) is 7.05 Å². The van der Waals surface area contributed by atoms with Gasteiger partial charge in [0.05, 0.1) is 6.04 Å². The van der Waals surface area contributed by atoms with E-state index in [-0.39, 0.29) is 6.04 Å². The van der Waals surface area contributed by atoms with E-state index in [9.17, 15) is 0 Å². The largest absolute Gasteiger partial charge is 0.309 e. The van der Waals surface area contributed by atoms with E-state index in [1.165, 1.54) is 26.4 Å². The average molecular weight is 324 g/mol. The lowest BCUT2D eigenvalue weighted by Gasteiger charge is -2.19. The van der Waals surface area contributed by atoms with Crippen LogP contribution in [-0.2, 0) is 0 Å². The third-order valence-corrected chi connectivity index (χ3v) is 4.71. The van der Waals surface area contributed by atoms with Crippen LogP contribution in [0.5, 0.6) is 0 Å². The summed E-state index contributed by atoms with van der Waals surface area (Å²) >= 11 is 5.43. The predicted molar refractivity (Wildman–Crippen MR) is 83.6 cm³/mol. The molecule has 0 saturated carbocycles. The summed E-state index contributed by atoms with van der Waals surface area (Å²) in [6.07, 6.45) is 0. The van der Waals surface area contributed by atoms with Crippen LogP contribution in [0.15, 0.2) is 28.7 Å². The molecule has 0 radical (unpaired) electrons. The molecule has 0 spiro atoms. The molecule has 0 saturated heterocycles. The van der Waals surface area contributed by atoms with Crippen LogP contribution in [0.25, 0.3) is 0 Å². The second kappa shape index (κ2) is 5.55. The molecule has 2 rings (SSSR count). The summed E-state index contributed by atoms with van der Waals surface area (Å²) in [5.41, 5.74) is 4.05. The summed E-state index contributed by atoms with van der Waals surface area (Å²) in [4.78, 5) is 2.77. The predicted octanol–water partition coefficient (Wildman–Crippen LogP) is 4.74. The Morgan fingerprint density at radius 3 is 2.39 bits per heavy atom. The maximum Gasteiger partial charge on any atom is 0.0588 e. The van der Waals surface area contributed by atoms with E-state index in [1.807, 2.05) is 18.4 Å². The number of nitrogens with one attached hydrogen (secondary N) is 1. The fraction of sp³-hybridized carbons (Fsp3) is 0.333. The first-order valence-corrected chi connectivity index (χ1v) is 7.64. The summed E-state index contributed by atoms with van der Waals surface area (Å²) in [7, 11) is 2.03. The van der Waals surface area contributed by atoms with Gasteiger partial charge in [-0.1, -0.05) is 22.0 Å². The van der Waals surface area contributed by atoms with E-state index >= 15 is 0 Å². The van der Waals surface area contributed by atoms with E-state index in [0.29, 0.717) is 0 Å². The van der Waals surface area contributed by atoms with Crippen LogP contribution < -0.4 is 5.32 Å². The summed E-state index contributed by atoms with van der Waals surface area (Å²) < 4.78 is 1.13. The minimum absolute atomic E-state index is 0.271. The standard InChI is InChI=1S/C15H18BrNS/c1-9-5-6-12(16)8-13(9)15(17-4)14-7-10(2)18-11(14)3/h5-8,15,17H,1-4H3. The fourth-order valence-corrected chi connectivity index (χ4v) is 3.68. The van der Waals surface area contributed by atoms with Crippen molar-refractivity contribution in [3.63, 3.8) is 0 Å². The summed E-state index contributed by atoms with van der Waals surface area (Å²) in [6, 6.07) is 9.03. The highest BCUT2D eigenvalue weighted by molar-refractivity contribution is 9.10. The molecule has 1 unspecified atom stereocenters. The van der Waals surface area contributed by atoms with Gasteiger partial charge in [0.2, 0.25) is 0 Å². The molecule has 0 fully saturated rings. The maximum atomic E-state index is 3.56. The highest BCUT2D eigenvalue weighted by Crippen LogP contribution is 2.33. The molecule has 1 heterocycles. The second-order valence-electron chi connectivity index (χ2n) is 4.59. The number of aryl methyl sites for hydroxylation is 3. The van der Waals surface area contributed by atoms with Gasteiger partial charge in [-0.3, -0.25) is 0 Å². The Balaban J connectivity index is 2.51. The molecule has 1 nitrogen and oxygen atoms in total. The van der Waals surface area contributed by atoms with Gasteiger partial charge in [-0.15, -0.1) is 11.3 Å². The number of hydrogen-bond acceptors (Lipinski definition) is 2. The van der Waals surface area contributed by atoms with Gasteiger partial charge in [0.25, 0.3) is 0 Å². The molecule has 1 N–H and O–H groups in total. The van der Waals surface area contributed by atoms with Gasteiger partial charge in [-0.25, -0.2) is 0 Å². The lowest BCUT2D eigenvalue weighted by Crippen LogP contribution is -2.18. The van der Waals surface area contributed by atoms with Crippen LogP contribution in [0.3, 0.4) is 0 Å². The van der Waals surface area contributed by atoms with Crippen molar-refractivity contribution in [1.29, 1.82) is 0 Å². The summed E-state index contributed by atoms with van der Waals surface area (Å²) in [5.74, 6) is 0. The number of hydrogen-bond donors (Lipinski definition) is 1. The first kappa shape index (κ1) is 13.8. The molecule has 0 bridgehead atoms. The highest BCUT2D eigenvalue weighted by atomic mass is 79.9. The number of halogens is 1. The second-order valence-corrected chi connectivity index (χ2v) is 6.97. The minimum Gasteiger partial charge on any atom is -0.309 e. The minimum atomic E-state index is 0.271. The third kappa shape index (κ3) is 2.68. The van der Waals surface area contributed by atoms with Gasteiger partial charge < -0.3 is 5.32 Å². The van der Waals surface area contributed by atoms with Crippen molar-refractivity contribution in [2.24, 2.45) is 0 Å². The topological polar surface area (TPSA) is 12.0 Å². The Hall–Kier alpha value is -0.640. The van der Waals surface area contributed by atoms with Crippen LogP contribution in [0.4, 0.5) is 0 Å². The van der Waals surface area contributed by atoms with Crippen molar-refractivity contribution in [1.82, 2.24) is 5.32 Å². The third-order valence-electron chi connectivity index (χ3n) is 3.23. The quantitative estimate of drug-likeness (QED) is 0.859. The molecule has 1 aromatic heterocycles. The van der Waals surface area contributed by atoms with Gasteiger partial charge in [0, 0.05) is 14.2 Å². The highest BCUT2D eigenvalue weighted by Gasteiger charge is 2.18. The molecule has 0 amide bonds. The Bertz CT molecular complexity index is 560. The number of benzene rings is 1. The van der Waals surface area contributed by atoms with Crippen LogP contribution >= 0.6 is 27.3 Å². The van der Waals surface area contributed by atoms with Gasteiger partial charge in [-0.2, -0.15) is 0 Å². The molecule has 3 heteroatoms. The zero-order chi connectivity index (χ0) is 13.3. The van der Waals surface area contributed by atoms with E-state index in [1.54, 1.807) is 0 Å². The van der Waals surface area contributed by atoms with Crippen molar-refractivity contribution in [3.05, 3.63) is 55.2 Å². The Kier molecular flexibility index (Phi) is 4.25. The van der Waals surface area contributed by atoms with Gasteiger partial charge >= 0.3 is 0 Å². The zero-order valence-corrected chi connectivity index (χ0v) is 13.6. The van der Waals surface area contributed by atoms with Gasteiger partial charge in [0.15, 0.2) is 0 Å². The van der Waals surface area contributed by atoms with Crippen LogP contribution in [0.1, 0.15) is 32.5 Å². The first-order valence-electron chi connectivity index (χ1n) is 6.03. The SMILES string of the molecule is CNC(c1cc(Br)ccc1C)c1cc(C)sc1C. The van der Waals surface area contributed by atoms with E-state index in [4.69, 9.17) is 0 Å². The van der Waals surface area contributed by atoms with Crippen molar-refractivity contribution in [3.8, 4) is 0 Å². The van der Waals surface area contributed by atoms with Crippen LogP contribution in [0.2, 0.25) is 0 Å². The van der Waals surface area contributed by atoms with E-state index in [2.05, 4.69) is 66.3 Å². The molecule has 0 aliphatic carbocycles. The number of thiophene rings is 1. The monoisotopic (exact) mass is 323 g/mol. The number of rotatable bonds is 3. The van der Waals surface area contributed by atoms with E-state index < -0.39 is 0 Å². The Morgan fingerprint density at radius 1 is 1.11 bits per heavy atom. The van der Waals surface area contributed by atoms with Crippen molar-refractivity contribution in [2.45, 2.75) is 26.8 Å².